The second-order valence-electron chi connectivity index (χ2n) is 7.14. The SMILES string of the molecule is C=CC[C@@]1(C(=O)NCCF)N=C(c2ccc(OCCCO)cc2)O[C@@H]1c1ccccc1. The number of aliphatic hydroxyl groups is 1. The van der Waals surface area contributed by atoms with Gasteiger partial charge in [0.25, 0.3) is 5.91 Å². The minimum absolute atomic E-state index is 0.0689. The predicted molar refractivity (Wildman–Crippen MR) is 117 cm³/mol. The van der Waals surface area contributed by atoms with Gasteiger partial charge in [-0.05, 0) is 29.8 Å². The van der Waals surface area contributed by atoms with Gasteiger partial charge in [0.1, 0.15) is 12.4 Å². The molecule has 0 saturated heterocycles. The van der Waals surface area contributed by atoms with Gasteiger partial charge in [0.2, 0.25) is 5.90 Å². The van der Waals surface area contributed by atoms with Crippen LogP contribution in [0.3, 0.4) is 0 Å². The molecule has 7 heteroatoms. The molecule has 31 heavy (non-hydrogen) atoms. The van der Waals surface area contributed by atoms with Gasteiger partial charge in [-0.15, -0.1) is 6.58 Å². The Kier molecular flexibility index (Phi) is 7.78. The van der Waals surface area contributed by atoms with Gasteiger partial charge in [-0.3, -0.25) is 4.79 Å². The first-order valence-corrected chi connectivity index (χ1v) is 10.3. The van der Waals surface area contributed by atoms with Crippen molar-refractivity contribution in [1.82, 2.24) is 5.32 Å². The number of amides is 1. The average Bonchev–Trinajstić information content (AvgIpc) is 3.19. The first-order chi connectivity index (χ1) is 15.1. The lowest BCUT2D eigenvalue weighted by molar-refractivity contribution is -0.128. The predicted octanol–water partition coefficient (Wildman–Crippen LogP) is 3.37. The minimum Gasteiger partial charge on any atom is -0.494 e. The number of hydrogen-bond donors (Lipinski definition) is 2. The molecule has 0 aromatic heterocycles. The molecule has 2 aromatic carbocycles. The van der Waals surface area contributed by atoms with Crippen LogP contribution in [0.5, 0.6) is 5.75 Å². The van der Waals surface area contributed by atoms with Crippen LogP contribution < -0.4 is 10.1 Å². The molecule has 0 spiro atoms. The molecule has 1 heterocycles. The summed E-state index contributed by atoms with van der Waals surface area (Å²) < 4.78 is 24.5. The van der Waals surface area contributed by atoms with Crippen molar-refractivity contribution in [2.45, 2.75) is 24.5 Å². The highest BCUT2D eigenvalue weighted by Gasteiger charge is 2.52. The second kappa shape index (κ2) is 10.7. The molecule has 2 N–H and O–H groups in total. The minimum atomic E-state index is -1.29. The molecule has 0 bridgehead atoms. The van der Waals surface area contributed by atoms with Crippen molar-refractivity contribution in [2.24, 2.45) is 4.99 Å². The normalized spacial score (nSPS) is 19.9. The monoisotopic (exact) mass is 426 g/mol. The molecule has 0 aliphatic carbocycles. The van der Waals surface area contributed by atoms with E-state index < -0.39 is 24.2 Å². The zero-order valence-electron chi connectivity index (χ0n) is 17.3. The number of benzene rings is 2. The lowest BCUT2D eigenvalue weighted by atomic mass is 9.84. The fourth-order valence-corrected chi connectivity index (χ4v) is 3.48. The summed E-state index contributed by atoms with van der Waals surface area (Å²) in [5.41, 5.74) is 0.200. The number of nitrogens with one attached hydrogen (secondary N) is 1. The zero-order chi connectivity index (χ0) is 22.1. The Hall–Kier alpha value is -3.19. The Morgan fingerprint density at radius 1 is 1.26 bits per heavy atom. The van der Waals surface area contributed by atoms with E-state index in [0.717, 1.165) is 5.56 Å². The number of ether oxygens (including phenoxy) is 2. The Balaban J connectivity index is 1.94. The fourth-order valence-electron chi connectivity index (χ4n) is 3.48. The van der Waals surface area contributed by atoms with Crippen molar-refractivity contribution >= 4 is 11.8 Å². The van der Waals surface area contributed by atoms with E-state index in [1.165, 1.54) is 0 Å². The van der Waals surface area contributed by atoms with Crippen LogP contribution in [0.25, 0.3) is 0 Å². The third kappa shape index (κ3) is 5.11. The largest absolute Gasteiger partial charge is 0.494 e. The van der Waals surface area contributed by atoms with Gasteiger partial charge >= 0.3 is 0 Å². The number of halogens is 1. The lowest BCUT2D eigenvalue weighted by Gasteiger charge is -2.29. The van der Waals surface area contributed by atoms with Gasteiger partial charge < -0.3 is 19.9 Å². The topological polar surface area (TPSA) is 80.2 Å². The van der Waals surface area contributed by atoms with E-state index in [0.29, 0.717) is 30.2 Å². The molecule has 164 valence electrons. The molecule has 6 nitrogen and oxygen atoms in total. The highest BCUT2D eigenvalue weighted by molar-refractivity contribution is 6.01. The summed E-state index contributed by atoms with van der Waals surface area (Å²) in [5.74, 6) is 0.583. The van der Waals surface area contributed by atoms with E-state index in [2.05, 4.69) is 11.9 Å². The lowest BCUT2D eigenvalue weighted by Crippen LogP contribution is -2.48. The number of aliphatic imine (C=N–C) groups is 1. The maximum atomic E-state index is 13.1. The third-order valence-electron chi connectivity index (χ3n) is 4.97. The molecule has 3 rings (SSSR count). The molecular formula is C24H27FN2O4. The molecule has 0 fully saturated rings. The quantitative estimate of drug-likeness (QED) is 0.427. The number of nitrogens with zero attached hydrogens (tertiary/aromatic N) is 1. The fraction of sp³-hybridized carbons (Fsp3) is 0.333. The Bertz CT molecular complexity index is 902. The summed E-state index contributed by atoms with van der Waals surface area (Å²) in [6.45, 7) is 3.52. The van der Waals surface area contributed by atoms with E-state index in [9.17, 15) is 9.18 Å². The van der Waals surface area contributed by atoms with E-state index in [-0.39, 0.29) is 19.6 Å². The summed E-state index contributed by atoms with van der Waals surface area (Å²) in [6, 6.07) is 16.6. The van der Waals surface area contributed by atoms with Gasteiger partial charge in [-0.1, -0.05) is 36.4 Å². The van der Waals surface area contributed by atoms with E-state index in [1.54, 1.807) is 30.3 Å². The highest BCUT2D eigenvalue weighted by Crippen LogP contribution is 2.42. The van der Waals surface area contributed by atoms with E-state index in [1.807, 2.05) is 30.3 Å². The van der Waals surface area contributed by atoms with E-state index in [4.69, 9.17) is 19.6 Å². The Morgan fingerprint density at radius 2 is 2.00 bits per heavy atom. The molecule has 1 amide bonds. The maximum absolute atomic E-state index is 13.1. The molecule has 2 aromatic rings. The first-order valence-electron chi connectivity index (χ1n) is 10.3. The third-order valence-corrected chi connectivity index (χ3v) is 4.97. The average molecular weight is 426 g/mol. The van der Waals surface area contributed by atoms with Crippen molar-refractivity contribution in [2.75, 3.05) is 26.4 Å². The molecule has 0 saturated carbocycles. The summed E-state index contributed by atoms with van der Waals surface area (Å²) in [5, 5.41) is 11.5. The summed E-state index contributed by atoms with van der Waals surface area (Å²) in [4.78, 5) is 17.8. The van der Waals surface area contributed by atoms with Gasteiger partial charge in [-0.2, -0.15) is 0 Å². The number of alkyl halides is 1. The second-order valence-corrected chi connectivity index (χ2v) is 7.14. The van der Waals surface area contributed by atoms with E-state index >= 15 is 0 Å². The van der Waals surface area contributed by atoms with Crippen LogP contribution in [0, 0.1) is 0 Å². The Labute approximate surface area is 181 Å². The zero-order valence-corrected chi connectivity index (χ0v) is 17.3. The molecule has 1 aliphatic rings. The van der Waals surface area contributed by atoms with Crippen LogP contribution >= 0.6 is 0 Å². The van der Waals surface area contributed by atoms with Crippen molar-refractivity contribution in [3.63, 3.8) is 0 Å². The number of rotatable bonds is 11. The molecular weight excluding hydrogens is 399 g/mol. The van der Waals surface area contributed by atoms with Crippen LogP contribution in [0.2, 0.25) is 0 Å². The van der Waals surface area contributed by atoms with Gasteiger partial charge in [0, 0.05) is 31.6 Å². The Morgan fingerprint density at radius 3 is 2.65 bits per heavy atom. The van der Waals surface area contributed by atoms with Gasteiger partial charge in [0.05, 0.1) is 6.61 Å². The number of carbonyl (C=O) groups excluding carboxylic acids is 1. The van der Waals surface area contributed by atoms with Crippen LogP contribution in [-0.2, 0) is 9.53 Å². The number of carbonyl (C=O) groups is 1. The highest BCUT2D eigenvalue weighted by atomic mass is 19.1. The number of hydrogen-bond acceptors (Lipinski definition) is 5. The molecule has 0 radical (unpaired) electrons. The molecule has 1 aliphatic heterocycles. The van der Waals surface area contributed by atoms with Crippen LogP contribution in [0.1, 0.15) is 30.1 Å². The smallest absolute Gasteiger partial charge is 0.252 e. The maximum Gasteiger partial charge on any atom is 0.252 e. The van der Waals surface area contributed by atoms with Crippen molar-refractivity contribution in [1.29, 1.82) is 0 Å². The van der Waals surface area contributed by atoms with Gasteiger partial charge in [-0.25, -0.2) is 9.38 Å². The first kappa shape index (κ1) is 22.5. The van der Waals surface area contributed by atoms with Crippen LogP contribution in [-0.4, -0.2) is 48.9 Å². The van der Waals surface area contributed by atoms with Gasteiger partial charge in [0.15, 0.2) is 11.6 Å². The number of aliphatic hydroxyl groups excluding tert-OH is 1. The van der Waals surface area contributed by atoms with Crippen molar-refractivity contribution in [3.8, 4) is 5.75 Å². The van der Waals surface area contributed by atoms with Crippen molar-refractivity contribution in [3.05, 3.63) is 78.4 Å². The molecule has 2 atom stereocenters. The molecule has 0 unspecified atom stereocenters. The van der Waals surface area contributed by atoms with Crippen LogP contribution in [0.15, 0.2) is 72.2 Å². The summed E-state index contributed by atoms with van der Waals surface area (Å²) >= 11 is 0. The standard InChI is InChI=1S/C24H27FN2O4/c1-2-13-24(23(29)26-15-14-25)21(18-7-4-3-5-8-18)31-22(27-24)19-9-11-20(12-10-19)30-17-6-16-28/h2-5,7-12,21,28H,1,6,13-17H2,(H,26,29)/t21-,24-/m1/s1. The van der Waals surface area contributed by atoms with Crippen LogP contribution in [0.4, 0.5) is 4.39 Å². The summed E-state index contributed by atoms with van der Waals surface area (Å²) in [7, 11) is 0. The van der Waals surface area contributed by atoms with Crippen molar-refractivity contribution < 1.29 is 23.8 Å². The summed E-state index contributed by atoms with van der Waals surface area (Å²) in [6.07, 6.45) is 1.73.